The van der Waals surface area contributed by atoms with E-state index in [2.05, 4.69) is 0 Å². The largest absolute Gasteiger partial charge is 0.444 e. The number of carbonyl (C=O) groups is 2. The molecular formula is C14H23NO3. The summed E-state index contributed by atoms with van der Waals surface area (Å²) in [6.07, 6.45) is 3.25. The Hall–Kier alpha value is -1.06. The molecule has 1 saturated carbocycles. The van der Waals surface area contributed by atoms with E-state index in [1.54, 1.807) is 4.90 Å². The van der Waals surface area contributed by atoms with Crippen molar-refractivity contribution >= 4 is 11.9 Å². The van der Waals surface area contributed by atoms with Crippen LogP contribution in [-0.4, -0.2) is 35.5 Å². The summed E-state index contributed by atoms with van der Waals surface area (Å²) in [5, 5.41) is 0. The zero-order chi connectivity index (χ0) is 13.3. The molecule has 18 heavy (non-hydrogen) atoms. The van der Waals surface area contributed by atoms with Gasteiger partial charge in [-0.25, -0.2) is 4.79 Å². The van der Waals surface area contributed by atoms with E-state index in [0.29, 0.717) is 24.0 Å². The van der Waals surface area contributed by atoms with Gasteiger partial charge in [0.2, 0.25) is 0 Å². The summed E-state index contributed by atoms with van der Waals surface area (Å²) in [7, 11) is 0. The van der Waals surface area contributed by atoms with Crippen LogP contribution in [0.4, 0.5) is 4.79 Å². The van der Waals surface area contributed by atoms with E-state index in [1.165, 1.54) is 0 Å². The molecule has 2 unspecified atom stereocenters. The molecule has 4 nitrogen and oxygen atoms in total. The minimum Gasteiger partial charge on any atom is -0.444 e. The Kier molecular flexibility index (Phi) is 3.64. The van der Waals surface area contributed by atoms with Gasteiger partial charge in [0.1, 0.15) is 11.4 Å². The third-order valence-electron chi connectivity index (χ3n) is 3.83. The van der Waals surface area contributed by atoms with Crippen LogP contribution in [0.15, 0.2) is 0 Å². The third kappa shape index (κ3) is 3.24. The maximum absolute atomic E-state index is 11.9. The fraction of sp³-hybridized carbons (Fsp3) is 0.857. The number of likely N-dealkylation sites (tertiary alicyclic amines) is 1. The van der Waals surface area contributed by atoms with Gasteiger partial charge in [0.05, 0.1) is 0 Å². The zero-order valence-corrected chi connectivity index (χ0v) is 11.6. The molecule has 102 valence electrons. The first kappa shape index (κ1) is 13.4. The van der Waals surface area contributed by atoms with Gasteiger partial charge in [-0.15, -0.1) is 0 Å². The average Bonchev–Trinajstić information content (AvgIpc) is 2.82. The number of amides is 1. The van der Waals surface area contributed by atoms with Crippen LogP contribution < -0.4 is 0 Å². The fourth-order valence-electron chi connectivity index (χ4n) is 2.91. The Balaban J connectivity index is 1.84. The lowest BCUT2D eigenvalue weighted by Crippen LogP contribution is -2.35. The molecule has 2 rings (SSSR count). The van der Waals surface area contributed by atoms with Crippen molar-refractivity contribution in [1.82, 2.24) is 4.90 Å². The van der Waals surface area contributed by atoms with Crippen molar-refractivity contribution in [3.8, 4) is 0 Å². The second-order valence-electron chi connectivity index (χ2n) is 6.52. The molecule has 0 bridgehead atoms. The molecule has 0 N–H and O–H groups in total. The standard InChI is InChI=1S/C14H23NO3/c1-14(2,3)18-13(17)15-7-6-11(9-15)10-4-5-12(16)8-10/h10-11H,4-9H2,1-3H3. The van der Waals surface area contributed by atoms with Crippen molar-refractivity contribution in [2.75, 3.05) is 13.1 Å². The quantitative estimate of drug-likeness (QED) is 0.721. The van der Waals surface area contributed by atoms with Gasteiger partial charge in [0.25, 0.3) is 0 Å². The van der Waals surface area contributed by atoms with E-state index in [0.717, 1.165) is 32.4 Å². The lowest BCUT2D eigenvalue weighted by Gasteiger charge is -2.25. The van der Waals surface area contributed by atoms with Crippen molar-refractivity contribution < 1.29 is 14.3 Å². The molecule has 1 aliphatic carbocycles. The lowest BCUT2D eigenvalue weighted by molar-refractivity contribution is -0.117. The molecule has 0 aromatic carbocycles. The highest BCUT2D eigenvalue weighted by molar-refractivity contribution is 5.80. The Labute approximate surface area is 109 Å². The summed E-state index contributed by atoms with van der Waals surface area (Å²) in [6.45, 7) is 7.17. The van der Waals surface area contributed by atoms with Crippen LogP contribution in [0.3, 0.4) is 0 Å². The van der Waals surface area contributed by atoms with Crippen molar-refractivity contribution in [1.29, 1.82) is 0 Å². The monoisotopic (exact) mass is 253 g/mol. The Morgan fingerprint density at radius 2 is 2.00 bits per heavy atom. The molecule has 0 aromatic rings. The number of ketones is 1. The molecule has 0 radical (unpaired) electrons. The molecular weight excluding hydrogens is 230 g/mol. The fourth-order valence-corrected chi connectivity index (χ4v) is 2.91. The SMILES string of the molecule is CC(C)(C)OC(=O)N1CCC(C2CCC(=O)C2)C1. The number of carbonyl (C=O) groups excluding carboxylic acids is 2. The highest BCUT2D eigenvalue weighted by atomic mass is 16.6. The van der Waals surface area contributed by atoms with Crippen molar-refractivity contribution in [3.05, 3.63) is 0 Å². The van der Waals surface area contributed by atoms with Gasteiger partial charge >= 0.3 is 6.09 Å². The number of nitrogens with zero attached hydrogens (tertiary/aromatic N) is 1. The molecule has 1 aliphatic heterocycles. The summed E-state index contributed by atoms with van der Waals surface area (Å²) >= 11 is 0. The van der Waals surface area contributed by atoms with Gasteiger partial charge in [-0.05, 0) is 45.4 Å². The van der Waals surface area contributed by atoms with E-state index >= 15 is 0 Å². The smallest absolute Gasteiger partial charge is 0.410 e. The first-order valence-corrected chi connectivity index (χ1v) is 6.85. The molecule has 2 fully saturated rings. The maximum Gasteiger partial charge on any atom is 0.410 e. The van der Waals surface area contributed by atoms with E-state index in [4.69, 9.17) is 4.74 Å². The Bertz CT molecular complexity index is 345. The third-order valence-corrected chi connectivity index (χ3v) is 3.83. The van der Waals surface area contributed by atoms with E-state index in [9.17, 15) is 9.59 Å². The molecule has 1 saturated heterocycles. The molecule has 4 heteroatoms. The number of hydrogen-bond donors (Lipinski definition) is 0. The topological polar surface area (TPSA) is 46.6 Å². The average molecular weight is 253 g/mol. The van der Waals surface area contributed by atoms with E-state index in [1.807, 2.05) is 20.8 Å². The normalized spacial score (nSPS) is 28.8. The number of hydrogen-bond acceptors (Lipinski definition) is 3. The van der Waals surface area contributed by atoms with Crippen LogP contribution in [0.25, 0.3) is 0 Å². The first-order chi connectivity index (χ1) is 8.35. The predicted octanol–water partition coefficient (Wildman–Crippen LogP) is 2.61. The molecule has 2 atom stereocenters. The van der Waals surface area contributed by atoms with Gasteiger partial charge in [-0.3, -0.25) is 4.79 Å². The molecule has 2 aliphatic rings. The minimum absolute atomic E-state index is 0.214. The van der Waals surface area contributed by atoms with Gasteiger partial charge < -0.3 is 9.64 Å². The first-order valence-electron chi connectivity index (χ1n) is 6.85. The van der Waals surface area contributed by atoms with Crippen LogP contribution in [0, 0.1) is 11.8 Å². The molecule has 0 aromatic heterocycles. The van der Waals surface area contributed by atoms with Crippen LogP contribution in [0.1, 0.15) is 46.5 Å². The number of ether oxygens (including phenoxy) is 1. The van der Waals surface area contributed by atoms with Crippen LogP contribution in [0.5, 0.6) is 0 Å². The summed E-state index contributed by atoms with van der Waals surface area (Å²) in [5.74, 6) is 1.37. The van der Waals surface area contributed by atoms with Crippen LogP contribution in [0.2, 0.25) is 0 Å². The molecule has 0 spiro atoms. The number of rotatable bonds is 1. The van der Waals surface area contributed by atoms with Gasteiger partial charge in [0.15, 0.2) is 0 Å². The number of Topliss-reactive ketones (excluding diaryl/α,β-unsaturated/α-hetero) is 1. The highest BCUT2D eigenvalue weighted by Crippen LogP contribution is 2.35. The summed E-state index contributed by atoms with van der Waals surface area (Å²) in [4.78, 5) is 25.0. The summed E-state index contributed by atoms with van der Waals surface area (Å²) in [6, 6.07) is 0. The highest BCUT2D eigenvalue weighted by Gasteiger charge is 2.36. The van der Waals surface area contributed by atoms with Crippen molar-refractivity contribution in [2.45, 2.75) is 52.1 Å². The van der Waals surface area contributed by atoms with E-state index < -0.39 is 5.60 Å². The van der Waals surface area contributed by atoms with Gasteiger partial charge in [0, 0.05) is 25.9 Å². The zero-order valence-electron chi connectivity index (χ0n) is 11.6. The van der Waals surface area contributed by atoms with E-state index in [-0.39, 0.29) is 6.09 Å². The van der Waals surface area contributed by atoms with Gasteiger partial charge in [-0.2, -0.15) is 0 Å². The molecule has 1 heterocycles. The maximum atomic E-state index is 11.9. The lowest BCUT2D eigenvalue weighted by atomic mass is 9.90. The van der Waals surface area contributed by atoms with Gasteiger partial charge in [-0.1, -0.05) is 0 Å². The summed E-state index contributed by atoms with van der Waals surface area (Å²) < 4.78 is 5.37. The Morgan fingerprint density at radius 1 is 1.28 bits per heavy atom. The summed E-state index contributed by atoms with van der Waals surface area (Å²) in [5.41, 5.74) is -0.432. The molecule has 1 amide bonds. The van der Waals surface area contributed by atoms with Crippen LogP contribution in [-0.2, 0) is 9.53 Å². The minimum atomic E-state index is -0.432. The second-order valence-corrected chi connectivity index (χ2v) is 6.52. The Morgan fingerprint density at radius 3 is 2.56 bits per heavy atom. The van der Waals surface area contributed by atoms with Crippen molar-refractivity contribution in [2.24, 2.45) is 11.8 Å². The van der Waals surface area contributed by atoms with Crippen molar-refractivity contribution in [3.63, 3.8) is 0 Å². The van der Waals surface area contributed by atoms with Crippen LogP contribution >= 0.6 is 0 Å². The second kappa shape index (κ2) is 4.90. The predicted molar refractivity (Wildman–Crippen MR) is 68.3 cm³/mol.